The van der Waals surface area contributed by atoms with Gasteiger partial charge in [-0.3, -0.25) is 4.79 Å². The van der Waals surface area contributed by atoms with Gasteiger partial charge in [0.2, 0.25) is 5.88 Å². The largest absolute Gasteiger partial charge is 0.492 e. The fourth-order valence-corrected chi connectivity index (χ4v) is 1.16. The molecule has 0 aliphatic heterocycles. The number of nitrogens with zero attached hydrogens (tertiary/aromatic N) is 3. The Kier molecular flexibility index (Phi) is 2.46. The predicted molar refractivity (Wildman–Crippen MR) is 55.2 cm³/mol. The average molecular weight is 269 g/mol. The number of hydrogen-bond acceptors (Lipinski definition) is 5. The summed E-state index contributed by atoms with van der Waals surface area (Å²) in [5.41, 5.74) is -0.482. The van der Waals surface area contributed by atoms with Gasteiger partial charge in [0.05, 0.1) is 0 Å². The third-order valence-corrected chi connectivity index (χ3v) is 2.34. The first kappa shape index (κ1) is 9.78. The molecule has 7 heteroatoms. The van der Waals surface area contributed by atoms with Crippen LogP contribution in [-0.4, -0.2) is 25.0 Å². The molecular weight excluding hydrogens is 264 g/mol. The van der Waals surface area contributed by atoms with Crippen molar-refractivity contribution in [3.05, 3.63) is 33.3 Å². The molecule has 0 bridgehead atoms. The monoisotopic (exact) mass is 268 g/mol. The lowest BCUT2D eigenvalue weighted by atomic mass is 10.5. The van der Waals surface area contributed by atoms with Crippen molar-refractivity contribution in [3.8, 4) is 17.5 Å². The molecule has 0 saturated carbocycles. The van der Waals surface area contributed by atoms with E-state index in [0.29, 0.717) is 0 Å². The summed E-state index contributed by atoms with van der Waals surface area (Å²) >= 11 is 2.89. The molecule has 0 spiro atoms. The van der Waals surface area contributed by atoms with Crippen LogP contribution in [0.1, 0.15) is 0 Å². The molecule has 0 unspecified atom stereocenters. The minimum Gasteiger partial charge on any atom is -0.492 e. The van der Waals surface area contributed by atoms with Crippen molar-refractivity contribution in [1.82, 2.24) is 19.9 Å². The summed E-state index contributed by atoms with van der Waals surface area (Å²) in [6.07, 6.45) is 3.03. The Hall–Kier alpha value is -1.76. The predicted octanol–water partition coefficient (Wildman–Crippen LogP) is 0.695. The first-order valence-corrected chi connectivity index (χ1v) is 4.74. The van der Waals surface area contributed by atoms with Gasteiger partial charge in [0.15, 0.2) is 11.6 Å². The van der Waals surface area contributed by atoms with Crippen LogP contribution >= 0.6 is 15.9 Å². The zero-order chi connectivity index (χ0) is 10.8. The number of aromatic hydroxyl groups is 1. The molecule has 6 nitrogen and oxygen atoms in total. The third-order valence-electron chi connectivity index (χ3n) is 1.62. The highest BCUT2D eigenvalue weighted by Crippen LogP contribution is 2.17. The smallest absolute Gasteiger partial charge is 0.269 e. The second-order valence-corrected chi connectivity index (χ2v) is 3.42. The Morgan fingerprint density at radius 2 is 2.00 bits per heavy atom. The molecule has 0 atom stereocenters. The van der Waals surface area contributed by atoms with Gasteiger partial charge in [-0.25, -0.2) is 9.97 Å². The van der Waals surface area contributed by atoms with Crippen LogP contribution in [-0.2, 0) is 0 Å². The van der Waals surface area contributed by atoms with E-state index in [1.54, 1.807) is 6.07 Å². The van der Waals surface area contributed by atoms with E-state index in [4.69, 9.17) is 0 Å². The van der Waals surface area contributed by atoms with E-state index < -0.39 is 5.56 Å². The maximum absolute atomic E-state index is 11.3. The molecule has 0 aliphatic rings. The Labute approximate surface area is 92.2 Å². The summed E-state index contributed by atoms with van der Waals surface area (Å²) in [5, 5.41) is 9.31. The number of nitrogens with one attached hydrogen (secondary N) is 1. The number of halogens is 1. The van der Waals surface area contributed by atoms with Gasteiger partial charge < -0.3 is 10.1 Å². The van der Waals surface area contributed by atoms with Crippen molar-refractivity contribution in [2.45, 2.75) is 0 Å². The fraction of sp³-hybridized carbons (Fsp3) is 0. The SMILES string of the molecule is O=c1[nH]c(-c2ncccn2)nc(O)c1Br. The molecule has 0 fully saturated rings. The quantitative estimate of drug-likeness (QED) is 0.794. The Bertz CT molecular complexity index is 540. The van der Waals surface area contributed by atoms with Crippen LogP contribution in [0.4, 0.5) is 0 Å². The van der Waals surface area contributed by atoms with E-state index >= 15 is 0 Å². The molecule has 2 N–H and O–H groups in total. The number of aromatic amines is 1. The van der Waals surface area contributed by atoms with Crippen molar-refractivity contribution in [3.63, 3.8) is 0 Å². The summed E-state index contributed by atoms with van der Waals surface area (Å²) in [4.78, 5) is 25.2. The standard InChI is InChI=1S/C8H5BrN4O2/c9-4-7(14)12-6(13-8(4)15)5-10-2-1-3-11-5/h1-3H,(H2,12,13,14,15). The number of rotatable bonds is 1. The van der Waals surface area contributed by atoms with Crippen LogP contribution in [0.3, 0.4) is 0 Å². The van der Waals surface area contributed by atoms with Crippen molar-refractivity contribution >= 4 is 15.9 Å². The maximum Gasteiger partial charge on any atom is 0.269 e. The van der Waals surface area contributed by atoms with Crippen LogP contribution in [0, 0.1) is 0 Å². The number of hydrogen-bond donors (Lipinski definition) is 2. The van der Waals surface area contributed by atoms with E-state index in [0.717, 1.165) is 0 Å². The van der Waals surface area contributed by atoms with E-state index in [-0.39, 0.29) is 22.0 Å². The summed E-state index contributed by atoms with van der Waals surface area (Å²) < 4.78 is -0.0119. The van der Waals surface area contributed by atoms with Crippen molar-refractivity contribution in [2.75, 3.05) is 0 Å². The highest BCUT2D eigenvalue weighted by Gasteiger charge is 2.10. The van der Waals surface area contributed by atoms with E-state index in [1.165, 1.54) is 12.4 Å². The van der Waals surface area contributed by atoms with Crippen LogP contribution in [0.2, 0.25) is 0 Å². The molecule has 15 heavy (non-hydrogen) atoms. The molecule has 0 aromatic carbocycles. The molecule has 0 amide bonds. The zero-order valence-electron chi connectivity index (χ0n) is 7.31. The summed E-state index contributed by atoms with van der Waals surface area (Å²) in [6, 6.07) is 1.64. The molecular formula is C8H5BrN4O2. The number of aromatic nitrogens is 4. The van der Waals surface area contributed by atoms with Crippen molar-refractivity contribution in [1.29, 1.82) is 0 Å². The molecule has 2 rings (SSSR count). The zero-order valence-corrected chi connectivity index (χ0v) is 8.89. The number of H-pyrrole nitrogens is 1. The van der Waals surface area contributed by atoms with Crippen LogP contribution in [0.25, 0.3) is 11.6 Å². The summed E-state index contributed by atoms with van der Waals surface area (Å²) in [7, 11) is 0. The highest BCUT2D eigenvalue weighted by molar-refractivity contribution is 9.10. The van der Waals surface area contributed by atoms with E-state index in [9.17, 15) is 9.90 Å². The van der Waals surface area contributed by atoms with Gasteiger partial charge in [-0.15, -0.1) is 0 Å². The average Bonchev–Trinajstić information content (AvgIpc) is 2.26. The molecule has 76 valence electrons. The first-order chi connectivity index (χ1) is 7.18. The van der Waals surface area contributed by atoms with Gasteiger partial charge in [-0.05, 0) is 22.0 Å². The van der Waals surface area contributed by atoms with Crippen LogP contribution < -0.4 is 5.56 Å². The fourth-order valence-electron chi connectivity index (χ4n) is 0.974. The topological polar surface area (TPSA) is 91.8 Å². The van der Waals surface area contributed by atoms with Crippen LogP contribution in [0.5, 0.6) is 5.88 Å². The van der Waals surface area contributed by atoms with E-state index in [1.807, 2.05) is 0 Å². The lowest BCUT2D eigenvalue weighted by Gasteiger charge is -1.99. The Balaban J connectivity index is 2.61. The Morgan fingerprint density at radius 1 is 1.33 bits per heavy atom. The minimum absolute atomic E-state index is 0.0119. The molecule has 2 aromatic rings. The van der Waals surface area contributed by atoms with E-state index in [2.05, 4.69) is 35.9 Å². The molecule has 2 heterocycles. The van der Waals surface area contributed by atoms with Gasteiger partial charge in [0.1, 0.15) is 4.47 Å². The summed E-state index contributed by atoms with van der Waals surface area (Å²) in [5.74, 6) is -0.0140. The van der Waals surface area contributed by atoms with Gasteiger partial charge in [-0.1, -0.05) is 0 Å². The van der Waals surface area contributed by atoms with Crippen LogP contribution in [0.15, 0.2) is 27.7 Å². The second-order valence-electron chi connectivity index (χ2n) is 2.62. The normalized spacial score (nSPS) is 10.2. The molecule has 0 radical (unpaired) electrons. The maximum atomic E-state index is 11.3. The van der Waals surface area contributed by atoms with Gasteiger partial charge >= 0.3 is 0 Å². The van der Waals surface area contributed by atoms with Gasteiger partial charge in [0, 0.05) is 12.4 Å². The second kappa shape index (κ2) is 3.77. The van der Waals surface area contributed by atoms with Crippen molar-refractivity contribution < 1.29 is 5.11 Å². The van der Waals surface area contributed by atoms with Gasteiger partial charge in [-0.2, -0.15) is 4.98 Å². The molecule has 2 aromatic heterocycles. The summed E-state index contributed by atoms with van der Waals surface area (Å²) in [6.45, 7) is 0. The van der Waals surface area contributed by atoms with Gasteiger partial charge in [0.25, 0.3) is 5.56 Å². The molecule has 0 aliphatic carbocycles. The minimum atomic E-state index is -0.482. The lowest BCUT2D eigenvalue weighted by molar-refractivity contribution is 0.447. The Morgan fingerprint density at radius 3 is 2.60 bits per heavy atom. The van der Waals surface area contributed by atoms with Crippen molar-refractivity contribution in [2.24, 2.45) is 0 Å². The highest BCUT2D eigenvalue weighted by atomic mass is 79.9. The molecule has 0 saturated heterocycles. The third kappa shape index (κ3) is 1.86. The lowest BCUT2D eigenvalue weighted by Crippen LogP contribution is -2.10. The first-order valence-electron chi connectivity index (χ1n) is 3.94.